The zero-order valence-corrected chi connectivity index (χ0v) is 11.4. The molecule has 1 aromatic carbocycles. The van der Waals surface area contributed by atoms with Gasteiger partial charge in [-0.1, -0.05) is 30.3 Å². The van der Waals surface area contributed by atoms with E-state index in [0.29, 0.717) is 13.1 Å². The minimum Gasteiger partial charge on any atom is -0.377 e. The van der Waals surface area contributed by atoms with Gasteiger partial charge in [0.05, 0.1) is 12.0 Å². The number of carbonyl (C=O) groups excluding carboxylic acids is 1. The molecule has 19 heavy (non-hydrogen) atoms. The number of hydrogen-bond donors (Lipinski definition) is 1. The molecule has 0 bridgehead atoms. The lowest BCUT2D eigenvalue weighted by Crippen LogP contribution is -2.41. The topological polar surface area (TPSA) is 55.6 Å². The molecule has 2 unspecified atom stereocenters. The highest BCUT2D eigenvalue weighted by atomic mass is 16.5. The number of rotatable bonds is 3. The third-order valence-corrected chi connectivity index (χ3v) is 3.50. The number of benzene rings is 1. The SMILES string of the molecule is CC1CN(C(=O)C(CN)c2ccccc2)CCCO1. The van der Waals surface area contributed by atoms with Crippen molar-refractivity contribution in [2.75, 3.05) is 26.2 Å². The van der Waals surface area contributed by atoms with Crippen LogP contribution in [-0.2, 0) is 9.53 Å². The lowest BCUT2D eigenvalue weighted by molar-refractivity contribution is -0.133. The van der Waals surface area contributed by atoms with Crippen LogP contribution < -0.4 is 5.73 Å². The zero-order chi connectivity index (χ0) is 13.7. The minimum atomic E-state index is -0.244. The molecule has 2 atom stereocenters. The second-order valence-corrected chi connectivity index (χ2v) is 5.02. The van der Waals surface area contributed by atoms with Gasteiger partial charge in [0.2, 0.25) is 5.91 Å². The van der Waals surface area contributed by atoms with E-state index >= 15 is 0 Å². The van der Waals surface area contributed by atoms with Crippen LogP contribution in [0, 0.1) is 0 Å². The van der Waals surface area contributed by atoms with Crippen molar-refractivity contribution in [1.29, 1.82) is 0 Å². The van der Waals surface area contributed by atoms with Gasteiger partial charge in [0.15, 0.2) is 0 Å². The summed E-state index contributed by atoms with van der Waals surface area (Å²) in [5.74, 6) is -0.127. The number of nitrogens with zero attached hydrogens (tertiary/aromatic N) is 1. The smallest absolute Gasteiger partial charge is 0.231 e. The first-order valence-corrected chi connectivity index (χ1v) is 6.87. The van der Waals surface area contributed by atoms with Crippen molar-refractivity contribution < 1.29 is 9.53 Å². The fourth-order valence-corrected chi connectivity index (χ4v) is 2.48. The Morgan fingerprint density at radius 3 is 2.89 bits per heavy atom. The van der Waals surface area contributed by atoms with Gasteiger partial charge in [0.1, 0.15) is 0 Å². The average Bonchev–Trinajstić information content (AvgIpc) is 2.65. The van der Waals surface area contributed by atoms with Crippen LogP contribution in [0.1, 0.15) is 24.8 Å². The van der Waals surface area contributed by atoms with Gasteiger partial charge in [0.25, 0.3) is 0 Å². The molecule has 1 fully saturated rings. The zero-order valence-electron chi connectivity index (χ0n) is 11.4. The summed E-state index contributed by atoms with van der Waals surface area (Å²) in [4.78, 5) is 14.5. The Balaban J connectivity index is 2.12. The monoisotopic (exact) mass is 262 g/mol. The molecule has 1 amide bonds. The summed E-state index contributed by atoms with van der Waals surface area (Å²) in [5, 5.41) is 0. The molecule has 0 aromatic heterocycles. The highest BCUT2D eigenvalue weighted by Crippen LogP contribution is 2.19. The van der Waals surface area contributed by atoms with Crippen LogP contribution in [0.3, 0.4) is 0 Å². The van der Waals surface area contributed by atoms with Crippen LogP contribution in [0.2, 0.25) is 0 Å². The van der Waals surface area contributed by atoms with Crippen LogP contribution in [0.25, 0.3) is 0 Å². The summed E-state index contributed by atoms with van der Waals surface area (Å²) in [5.41, 5.74) is 6.80. The molecule has 2 rings (SSSR count). The Hall–Kier alpha value is -1.39. The van der Waals surface area contributed by atoms with Crippen molar-refractivity contribution in [2.24, 2.45) is 5.73 Å². The number of nitrogens with two attached hydrogens (primary N) is 1. The maximum Gasteiger partial charge on any atom is 0.231 e. The Morgan fingerprint density at radius 2 is 2.21 bits per heavy atom. The molecule has 0 spiro atoms. The molecule has 4 heteroatoms. The largest absolute Gasteiger partial charge is 0.377 e. The summed E-state index contributed by atoms with van der Waals surface area (Å²) in [6, 6.07) is 9.77. The number of amides is 1. The fourth-order valence-electron chi connectivity index (χ4n) is 2.48. The molecule has 1 saturated heterocycles. The van der Waals surface area contributed by atoms with Crippen LogP contribution >= 0.6 is 0 Å². The van der Waals surface area contributed by atoms with E-state index in [1.165, 1.54) is 0 Å². The molecule has 4 nitrogen and oxygen atoms in total. The van der Waals surface area contributed by atoms with Crippen molar-refractivity contribution in [3.8, 4) is 0 Å². The Labute approximate surface area is 114 Å². The van der Waals surface area contributed by atoms with Crippen molar-refractivity contribution in [2.45, 2.75) is 25.4 Å². The van der Waals surface area contributed by atoms with E-state index in [4.69, 9.17) is 10.5 Å². The molecule has 104 valence electrons. The minimum absolute atomic E-state index is 0.0978. The second-order valence-electron chi connectivity index (χ2n) is 5.02. The van der Waals surface area contributed by atoms with E-state index in [1.807, 2.05) is 42.2 Å². The first kappa shape index (κ1) is 14.0. The van der Waals surface area contributed by atoms with Gasteiger partial charge >= 0.3 is 0 Å². The summed E-state index contributed by atoms with van der Waals surface area (Å²) in [6.45, 7) is 4.48. The maximum atomic E-state index is 12.6. The van der Waals surface area contributed by atoms with Gasteiger partial charge in [-0.25, -0.2) is 0 Å². The van der Waals surface area contributed by atoms with Crippen LogP contribution in [0.15, 0.2) is 30.3 Å². The number of ether oxygens (including phenoxy) is 1. The molecule has 0 aliphatic carbocycles. The molecular formula is C15H22N2O2. The van der Waals surface area contributed by atoms with Crippen LogP contribution in [0.5, 0.6) is 0 Å². The normalized spacial score (nSPS) is 21.8. The first-order chi connectivity index (χ1) is 9.22. The Morgan fingerprint density at radius 1 is 1.47 bits per heavy atom. The number of hydrogen-bond acceptors (Lipinski definition) is 3. The Kier molecular flexibility index (Phi) is 4.93. The van der Waals surface area contributed by atoms with E-state index in [1.54, 1.807) is 0 Å². The van der Waals surface area contributed by atoms with E-state index in [0.717, 1.165) is 25.1 Å². The van der Waals surface area contributed by atoms with Crippen LogP contribution in [-0.4, -0.2) is 43.2 Å². The van der Waals surface area contributed by atoms with Gasteiger partial charge in [-0.15, -0.1) is 0 Å². The third kappa shape index (κ3) is 3.55. The molecule has 1 aliphatic heterocycles. The molecule has 0 saturated carbocycles. The predicted octanol–water partition coefficient (Wildman–Crippen LogP) is 1.37. The number of carbonyl (C=O) groups is 1. The summed E-state index contributed by atoms with van der Waals surface area (Å²) < 4.78 is 5.58. The highest BCUT2D eigenvalue weighted by Gasteiger charge is 2.27. The van der Waals surface area contributed by atoms with Crippen molar-refractivity contribution in [3.63, 3.8) is 0 Å². The summed E-state index contributed by atoms with van der Waals surface area (Å²) in [6.07, 6.45) is 0.989. The van der Waals surface area contributed by atoms with E-state index in [9.17, 15) is 4.79 Å². The predicted molar refractivity (Wildman–Crippen MR) is 74.8 cm³/mol. The van der Waals surface area contributed by atoms with Gasteiger partial charge < -0.3 is 15.4 Å². The molecule has 0 radical (unpaired) electrons. The Bertz CT molecular complexity index is 408. The van der Waals surface area contributed by atoms with Gasteiger partial charge in [-0.05, 0) is 18.9 Å². The molecule has 1 aliphatic rings. The van der Waals surface area contributed by atoms with Crippen molar-refractivity contribution in [1.82, 2.24) is 4.90 Å². The fraction of sp³-hybridized carbons (Fsp3) is 0.533. The molecular weight excluding hydrogens is 240 g/mol. The summed E-state index contributed by atoms with van der Waals surface area (Å²) >= 11 is 0. The highest BCUT2D eigenvalue weighted by molar-refractivity contribution is 5.84. The van der Waals surface area contributed by atoms with Gasteiger partial charge in [-0.2, -0.15) is 0 Å². The maximum absolute atomic E-state index is 12.6. The van der Waals surface area contributed by atoms with Crippen molar-refractivity contribution in [3.05, 3.63) is 35.9 Å². The molecule has 1 heterocycles. The third-order valence-electron chi connectivity index (χ3n) is 3.50. The van der Waals surface area contributed by atoms with Gasteiger partial charge in [0, 0.05) is 26.2 Å². The molecule has 1 aromatic rings. The summed E-state index contributed by atoms with van der Waals surface area (Å²) in [7, 11) is 0. The quantitative estimate of drug-likeness (QED) is 0.895. The van der Waals surface area contributed by atoms with E-state index < -0.39 is 0 Å². The first-order valence-electron chi connectivity index (χ1n) is 6.87. The average molecular weight is 262 g/mol. The lowest BCUT2D eigenvalue weighted by atomic mass is 9.97. The second kappa shape index (κ2) is 6.68. The van der Waals surface area contributed by atoms with Gasteiger partial charge in [-0.3, -0.25) is 4.79 Å². The lowest BCUT2D eigenvalue weighted by Gasteiger charge is -2.26. The van der Waals surface area contributed by atoms with E-state index in [-0.39, 0.29) is 17.9 Å². The molecule has 2 N–H and O–H groups in total. The van der Waals surface area contributed by atoms with Crippen molar-refractivity contribution >= 4 is 5.91 Å². The standard InChI is InChI=1S/C15H22N2O2/c1-12-11-17(8-5-9-19-12)15(18)14(10-16)13-6-3-2-4-7-13/h2-4,6-7,12,14H,5,8-11,16H2,1H3. The van der Waals surface area contributed by atoms with Crippen LogP contribution in [0.4, 0.5) is 0 Å². The van der Waals surface area contributed by atoms with E-state index in [2.05, 4.69) is 0 Å².